The zero-order valence-corrected chi connectivity index (χ0v) is 14.3. The molecule has 0 aliphatic carbocycles. The molecule has 1 fully saturated rings. The molecule has 23 heavy (non-hydrogen) atoms. The number of hydrogen-bond acceptors (Lipinski definition) is 4. The largest absolute Gasteiger partial charge is 0.396 e. The van der Waals surface area contributed by atoms with Crippen LogP contribution in [0.1, 0.15) is 18.4 Å². The topological polar surface area (TPSA) is 78.8 Å². The number of aliphatic imine (C=N–C) groups is 1. The van der Waals surface area contributed by atoms with Crippen molar-refractivity contribution in [3.63, 3.8) is 0 Å². The maximum Gasteiger partial charge on any atom is 0.191 e. The van der Waals surface area contributed by atoms with Crippen LogP contribution in [0.25, 0.3) is 0 Å². The van der Waals surface area contributed by atoms with Crippen molar-refractivity contribution < 1.29 is 9.84 Å². The minimum absolute atomic E-state index is 0.00642. The second-order valence-electron chi connectivity index (χ2n) is 5.87. The quantitative estimate of drug-likeness (QED) is 0.395. The summed E-state index contributed by atoms with van der Waals surface area (Å²) in [4.78, 5) is 8.31. The number of aliphatic hydroxyl groups excluding tert-OH is 1. The normalized spacial score (nSPS) is 21.4. The van der Waals surface area contributed by atoms with Gasteiger partial charge in [0.2, 0.25) is 0 Å². The molecular weight excluding hydrogens is 316 g/mol. The molecule has 6 nitrogen and oxygen atoms in total. The summed E-state index contributed by atoms with van der Waals surface area (Å²) < 4.78 is 5.50. The molecular formula is C16H25ClN4O2. The monoisotopic (exact) mass is 340 g/mol. The molecule has 1 aromatic rings. The van der Waals surface area contributed by atoms with Gasteiger partial charge < -0.3 is 20.5 Å². The Morgan fingerprint density at radius 3 is 2.96 bits per heavy atom. The minimum atomic E-state index is 0.00642. The molecule has 1 saturated heterocycles. The van der Waals surface area contributed by atoms with E-state index in [-0.39, 0.29) is 12.0 Å². The second kappa shape index (κ2) is 9.05. The molecule has 0 radical (unpaired) electrons. The fourth-order valence-corrected chi connectivity index (χ4v) is 2.79. The van der Waals surface area contributed by atoms with Crippen molar-refractivity contribution >= 4 is 17.6 Å². The number of nitrogens with zero attached hydrogens (tertiary/aromatic N) is 2. The maximum atomic E-state index is 9.26. The van der Waals surface area contributed by atoms with Crippen molar-refractivity contribution in [2.75, 3.05) is 40.0 Å². The zero-order valence-electron chi connectivity index (χ0n) is 13.5. The molecule has 128 valence electrons. The molecule has 2 heterocycles. The van der Waals surface area contributed by atoms with Crippen molar-refractivity contribution in [2.45, 2.75) is 19.3 Å². The van der Waals surface area contributed by atoms with E-state index in [0.29, 0.717) is 11.8 Å². The van der Waals surface area contributed by atoms with Crippen molar-refractivity contribution in [3.8, 4) is 0 Å². The Kier molecular flexibility index (Phi) is 7.08. The molecule has 0 saturated carbocycles. The van der Waals surface area contributed by atoms with Gasteiger partial charge in [-0.05, 0) is 30.9 Å². The second-order valence-corrected chi connectivity index (χ2v) is 6.26. The van der Waals surface area contributed by atoms with Crippen molar-refractivity contribution in [3.05, 3.63) is 29.0 Å². The molecule has 0 spiro atoms. The summed E-state index contributed by atoms with van der Waals surface area (Å²) in [5.41, 5.74) is 1.13. The fourth-order valence-electron chi connectivity index (χ4n) is 2.68. The Labute approximate surface area is 142 Å². The first-order valence-electron chi connectivity index (χ1n) is 7.91. The van der Waals surface area contributed by atoms with Gasteiger partial charge in [0.15, 0.2) is 5.96 Å². The molecule has 0 amide bonds. The summed E-state index contributed by atoms with van der Waals surface area (Å²) in [6, 6.07) is 3.77. The highest BCUT2D eigenvalue weighted by atomic mass is 35.5. The lowest BCUT2D eigenvalue weighted by Gasteiger charge is -2.27. The van der Waals surface area contributed by atoms with E-state index in [0.717, 1.165) is 50.5 Å². The Hall–Kier alpha value is -1.37. The van der Waals surface area contributed by atoms with Crippen LogP contribution in [0.4, 0.5) is 0 Å². The zero-order chi connectivity index (χ0) is 16.5. The van der Waals surface area contributed by atoms with Crippen LogP contribution in [0, 0.1) is 5.41 Å². The Bertz CT molecular complexity index is 501. The number of rotatable bonds is 7. The first-order chi connectivity index (χ1) is 11.2. The molecule has 1 aliphatic heterocycles. The number of pyridine rings is 1. The fraction of sp³-hybridized carbons (Fsp3) is 0.625. The minimum Gasteiger partial charge on any atom is -0.396 e. The van der Waals surface area contributed by atoms with E-state index < -0.39 is 0 Å². The van der Waals surface area contributed by atoms with Crippen molar-refractivity contribution in [1.82, 2.24) is 15.6 Å². The maximum absolute atomic E-state index is 9.26. The van der Waals surface area contributed by atoms with E-state index >= 15 is 0 Å². The van der Waals surface area contributed by atoms with Crippen LogP contribution in [-0.4, -0.2) is 56.0 Å². The lowest BCUT2D eigenvalue weighted by atomic mass is 9.84. The number of guanidine groups is 1. The van der Waals surface area contributed by atoms with Crippen LogP contribution in [0.2, 0.25) is 5.15 Å². The molecule has 1 atom stereocenters. The highest BCUT2D eigenvalue weighted by Crippen LogP contribution is 2.31. The van der Waals surface area contributed by atoms with Gasteiger partial charge in [-0.15, -0.1) is 0 Å². The highest BCUT2D eigenvalue weighted by molar-refractivity contribution is 6.29. The van der Waals surface area contributed by atoms with Gasteiger partial charge in [0.25, 0.3) is 0 Å². The van der Waals surface area contributed by atoms with Crippen molar-refractivity contribution in [1.29, 1.82) is 0 Å². The third-order valence-electron chi connectivity index (χ3n) is 4.18. The molecule has 2 rings (SSSR count). The molecule has 1 unspecified atom stereocenters. The number of nitrogens with one attached hydrogen (secondary N) is 2. The van der Waals surface area contributed by atoms with E-state index in [1.54, 1.807) is 19.3 Å². The Morgan fingerprint density at radius 2 is 2.35 bits per heavy atom. The SMILES string of the molecule is CN=C(NCCc1ccc(Cl)nc1)NCC1(CCO)CCOC1. The van der Waals surface area contributed by atoms with Crippen LogP contribution in [0.15, 0.2) is 23.3 Å². The van der Waals surface area contributed by atoms with Crippen LogP contribution in [0.3, 0.4) is 0 Å². The van der Waals surface area contributed by atoms with Crippen LogP contribution in [-0.2, 0) is 11.2 Å². The standard InChI is InChI=1S/C16H25ClN4O2/c1-18-15(19-7-4-13-2-3-14(17)20-10-13)21-11-16(5-8-22)6-9-23-12-16/h2-3,10,22H,4-9,11-12H2,1H3,(H2,18,19,21). The number of hydrogen-bond donors (Lipinski definition) is 3. The van der Waals surface area contributed by atoms with Gasteiger partial charge in [0, 0.05) is 45.0 Å². The van der Waals surface area contributed by atoms with Crippen LogP contribution < -0.4 is 10.6 Å². The first kappa shape index (κ1) is 18.0. The number of halogens is 1. The molecule has 0 aromatic carbocycles. The Balaban J connectivity index is 1.75. The number of aromatic nitrogens is 1. The highest BCUT2D eigenvalue weighted by Gasteiger charge is 2.34. The average molecular weight is 341 g/mol. The predicted molar refractivity (Wildman–Crippen MR) is 91.9 cm³/mol. The third-order valence-corrected chi connectivity index (χ3v) is 4.40. The molecule has 7 heteroatoms. The lowest BCUT2D eigenvalue weighted by Crippen LogP contribution is -2.45. The van der Waals surface area contributed by atoms with E-state index in [1.165, 1.54) is 0 Å². The molecule has 3 N–H and O–H groups in total. The molecule has 1 aromatic heterocycles. The molecule has 1 aliphatic rings. The lowest BCUT2D eigenvalue weighted by molar-refractivity contribution is 0.127. The third kappa shape index (κ3) is 5.64. The van der Waals surface area contributed by atoms with Crippen LogP contribution in [0.5, 0.6) is 0 Å². The van der Waals surface area contributed by atoms with Crippen LogP contribution >= 0.6 is 11.6 Å². The Morgan fingerprint density at radius 1 is 1.48 bits per heavy atom. The summed E-state index contributed by atoms with van der Waals surface area (Å²) in [5.74, 6) is 0.760. The van der Waals surface area contributed by atoms with E-state index in [2.05, 4.69) is 20.6 Å². The van der Waals surface area contributed by atoms with Gasteiger partial charge in [0.05, 0.1) is 6.61 Å². The smallest absolute Gasteiger partial charge is 0.191 e. The number of aliphatic hydroxyl groups is 1. The number of ether oxygens (including phenoxy) is 1. The summed E-state index contributed by atoms with van der Waals surface area (Å²) >= 11 is 5.78. The van der Waals surface area contributed by atoms with E-state index in [9.17, 15) is 5.11 Å². The van der Waals surface area contributed by atoms with E-state index in [4.69, 9.17) is 16.3 Å². The van der Waals surface area contributed by atoms with Gasteiger partial charge in [0.1, 0.15) is 5.15 Å². The first-order valence-corrected chi connectivity index (χ1v) is 8.29. The van der Waals surface area contributed by atoms with Gasteiger partial charge >= 0.3 is 0 Å². The van der Waals surface area contributed by atoms with Gasteiger partial charge in [-0.1, -0.05) is 17.7 Å². The summed E-state index contributed by atoms with van der Waals surface area (Å²) in [7, 11) is 1.75. The predicted octanol–water partition coefficient (Wildman–Crippen LogP) is 1.23. The summed E-state index contributed by atoms with van der Waals surface area (Å²) in [6.07, 6.45) is 4.34. The average Bonchev–Trinajstić information content (AvgIpc) is 3.02. The van der Waals surface area contributed by atoms with Gasteiger partial charge in [-0.2, -0.15) is 0 Å². The van der Waals surface area contributed by atoms with Crippen molar-refractivity contribution in [2.24, 2.45) is 10.4 Å². The summed E-state index contributed by atoms with van der Waals surface area (Å²) in [5, 5.41) is 16.4. The van der Waals surface area contributed by atoms with E-state index in [1.807, 2.05) is 6.07 Å². The molecule has 0 bridgehead atoms. The van der Waals surface area contributed by atoms with Gasteiger partial charge in [-0.3, -0.25) is 4.99 Å². The summed E-state index contributed by atoms with van der Waals surface area (Å²) in [6.45, 7) is 3.13. The van der Waals surface area contributed by atoms with Gasteiger partial charge in [-0.25, -0.2) is 4.98 Å².